The van der Waals surface area contributed by atoms with E-state index in [1.54, 1.807) is 0 Å². The normalized spacial score (nSPS) is 20.5. The van der Waals surface area contributed by atoms with E-state index in [4.69, 9.17) is 9.47 Å². The molecule has 7 heteroatoms. The third-order valence-corrected chi connectivity index (χ3v) is 4.91. The average Bonchev–Trinajstić information content (AvgIpc) is 3.14. The molecule has 2 aliphatic rings. The third kappa shape index (κ3) is 4.81. The van der Waals surface area contributed by atoms with Crippen LogP contribution in [0.4, 0.5) is 0 Å². The number of hydrogen-bond donors (Lipinski definition) is 1. The van der Waals surface area contributed by atoms with Crippen molar-refractivity contribution in [3.05, 3.63) is 23.8 Å². The van der Waals surface area contributed by atoms with Crippen molar-refractivity contribution in [1.82, 2.24) is 15.1 Å². The summed E-state index contributed by atoms with van der Waals surface area (Å²) in [5.41, 5.74) is 0.674. The van der Waals surface area contributed by atoms with Crippen LogP contribution in [0.2, 0.25) is 0 Å². The zero-order valence-corrected chi connectivity index (χ0v) is 16.5. The predicted molar refractivity (Wildman–Crippen MR) is 105 cm³/mol. The summed E-state index contributed by atoms with van der Waals surface area (Å²) in [6.07, 6.45) is 1.06. The summed E-state index contributed by atoms with van der Waals surface area (Å²) in [7, 11) is 0. The summed E-state index contributed by atoms with van der Waals surface area (Å²) in [5, 5.41) is 3.38. The van der Waals surface area contributed by atoms with Gasteiger partial charge in [-0.3, -0.25) is 9.69 Å². The van der Waals surface area contributed by atoms with Crippen LogP contribution in [0.3, 0.4) is 0 Å². The highest BCUT2D eigenvalue weighted by molar-refractivity contribution is 5.95. The quantitative estimate of drug-likeness (QED) is 0.814. The van der Waals surface area contributed by atoms with E-state index in [1.807, 2.05) is 36.9 Å². The van der Waals surface area contributed by atoms with Crippen molar-refractivity contribution >= 4 is 18.3 Å². The van der Waals surface area contributed by atoms with E-state index in [1.165, 1.54) is 0 Å². The van der Waals surface area contributed by atoms with Gasteiger partial charge in [0.25, 0.3) is 5.91 Å². The molecular weight excluding hydrogens is 354 g/mol. The van der Waals surface area contributed by atoms with Crippen LogP contribution in [0.25, 0.3) is 0 Å². The number of likely N-dealkylation sites (tertiary alicyclic amines) is 1. The summed E-state index contributed by atoms with van der Waals surface area (Å²) < 4.78 is 11.2. The first kappa shape index (κ1) is 20.8. The molecule has 2 saturated heterocycles. The lowest BCUT2D eigenvalue weighted by atomic mass is 10.1. The number of halogens is 1. The Bertz CT molecular complexity index is 593. The molecule has 0 spiro atoms. The summed E-state index contributed by atoms with van der Waals surface area (Å²) in [5.74, 6) is 1.43. The van der Waals surface area contributed by atoms with Crippen LogP contribution in [-0.2, 0) is 0 Å². The third-order valence-electron chi connectivity index (χ3n) is 4.91. The molecule has 146 valence electrons. The standard InChI is InChI=1S/C19H29N3O3.ClH/c1-3-24-17-6-5-15(13-18(17)25-4-2)19(23)22-10-7-16(14-22)21-11-8-20-9-12-21;/h5-6,13,16,20H,3-4,7-12,14H2,1-2H3;1H. The van der Waals surface area contributed by atoms with E-state index < -0.39 is 0 Å². The number of piperazine rings is 1. The van der Waals surface area contributed by atoms with Gasteiger partial charge in [-0.1, -0.05) is 0 Å². The van der Waals surface area contributed by atoms with Gasteiger partial charge in [-0.2, -0.15) is 0 Å². The van der Waals surface area contributed by atoms with Crippen LogP contribution in [0, 0.1) is 0 Å². The zero-order valence-electron chi connectivity index (χ0n) is 15.7. The zero-order chi connectivity index (χ0) is 17.6. The van der Waals surface area contributed by atoms with Crippen molar-refractivity contribution in [3.63, 3.8) is 0 Å². The monoisotopic (exact) mass is 383 g/mol. The number of nitrogens with zero attached hydrogens (tertiary/aromatic N) is 2. The maximum Gasteiger partial charge on any atom is 0.254 e. The molecule has 0 saturated carbocycles. The molecule has 2 heterocycles. The number of ether oxygens (including phenoxy) is 2. The maximum absolute atomic E-state index is 12.9. The predicted octanol–water partition coefficient (Wildman–Crippen LogP) is 2.03. The Morgan fingerprint density at radius 2 is 1.81 bits per heavy atom. The fourth-order valence-electron chi connectivity index (χ4n) is 3.64. The number of nitrogens with one attached hydrogen (secondary N) is 1. The van der Waals surface area contributed by atoms with Crippen molar-refractivity contribution in [2.24, 2.45) is 0 Å². The second-order valence-corrected chi connectivity index (χ2v) is 6.51. The van der Waals surface area contributed by atoms with Gasteiger partial charge in [0.1, 0.15) is 0 Å². The number of benzene rings is 1. The highest BCUT2D eigenvalue weighted by Crippen LogP contribution is 2.29. The Kier molecular flexibility index (Phi) is 8.00. The summed E-state index contributed by atoms with van der Waals surface area (Å²) in [4.78, 5) is 17.4. The van der Waals surface area contributed by atoms with Crippen LogP contribution in [-0.4, -0.2) is 74.2 Å². The van der Waals surface area contributed by atoms with Crippen molar-refractivity contribution in [2.45, 2.75) is 26.3 Å². The van der Waals surface area contributed by atoms with Gasteiger partial charge >= 0.3 is 0 Å². The molecule has 0 bridgehead atoms. The molecule has 1 amide bonds. The topological polar surface area (TPSA) is 54.0 Å². The van der Waals surface area contributed by atoms with Gasteiger partial charge in [0.05, 0.1) is 13.2 Å². The van der Waals surface area contributed by atoms with E-state index in [0.717, 1.165) is 45.7 Å². The second-order valence-electron chi connectivity index (χ2n) is 6.51. The lowest BCUT2D eigenvalue weighted by molar-refractivity contribution is 0.0773. The van der Waals surface area contributed by atoms with E-state index >= 15 is 0 Å². The molecule has 26 heavy (non-hydrogen) atoms. The van der Waals surface area contributed by atoms with Crippen LogP contribution in [0.15, 0.2) is 18.2 Å². The first-order chi connectivity index (χ1) is 12.2. The fourth-order valence-corrected chi connectivity index (χ4v) is 3.64. The minimum Gasteiger partial charge on any atom is -0.490 e. The Labute approximate surface area is 162 Å². The fraction of sp³-hybridized carbons (Fsp3) is 0.632. The van der Waals surface area contributed by atoms with Crippen molar-refractivity contribution in [1.29, 1.82) is 0 Å². The highest BCUT2D eigenvalue weighted by atomic mass is 35.5. The van der Waals surface area contributed by atoms with Crippen molar-refractivity contribution < 1.29 is 14.3 Å². The van der Waals surface area contributed by atoms with Gasteiger partial charge in [0.2, 0.25) is 0 Å². The van der Waals surface area contributed by atoms with Crippen molar-refractivity contribution in [3.8, 4) is 11.5 Å². The van der Waals surface area contributed by atoms with Crippen LogP contribution in [0.1, 0.15) is 30.6 Å². The van der Waals surface area contributed by atoms with Gasteiger partial charge in [-0.15, -0.1) is 12.4 Å². The first-order valence-corrected chi connectivity index (χ1v) is 9.36. The first-order valence-electron chi connectivity index (χ1n) is 9.36. The van der Waals surface area contributed by atoms with Gasteiger partial charge in [0.15, 0.2) is 11.5 Å². The molecule has 0 radical (unpaired) electrons. The average molecular weight is 384 g/mol. The number of carbonyl (C=O) groups is 1. The molecule has 2 aliphatic heterocycles. The molecule has 1 N–H and O–H groups in total. The Morgan fingerprint density at radius 3 is 2.50 bits per heavy atom. The van der Waals surface area contributed by atoms with Crippen molar-refractivity contribution in [2.75, 3.05) is 52.5 Å². The van der Waals surface area contributed by atoms with Gasteiger partial charge in [0, 0.05) is 50.9 Å². The molecule has 1 aromatic carbocycles. The highest BCUT2D eigenvalue weighted by Gasteiger charge is 2.31. The second kappa shape index (κ2) is 10.00. The van der Waals surface area contributed by atoms with Crippen LogP contribution < -0.4 is 14.8 Å². The van der Waals surface area contributed by atoms with E-state index in [-0.39, 0.29) is 18.3 Å². The Balaban J connectivity index is 0.00000243. The molecule has 1 atom stereocenters. The summed E-state index contributed by atoms with van der Waals surface area (Å²) in [6, 6.07) is 5.98. The molecule has 0 aromatic heterocycles. The smallest absolute Gasteiger partial charge is 0.254 e. The lowest BCUT2D eigenvalue weighted by Crippen LogP contribution is -2.49. The molecule has 1 aromatic rings. The molecule has 6 nitrogen and oxygen atoms in total. The lowest BCUT2D eigenvalue weighted by Gasteiger charge is -2.32. The minimum atomic E-state index is 0. The molecule has 0 aliphatic carbocycles. The summed E-state index contributed by atoms with van der Waals surface area (Å²) >= 11 is 0. The van der Waals surface area contributed by atoms with Crippen LogP contribution >= 0.6 is 12.4 Å². The van der Waals surface area contributed by atoms with Gasteiger partial charge in [-0.25, -0.2) is 0 Å². The maximum atomic E-state index is 12.9. The van der Waals surface area contributed by atoms with E-state index in [9.17, 15) is 4.79 Å². The van der Waals surface area contributed by atoms with Gasteiger partial charge < -0.3 is 19.7 Å². The number of rotatable bonds is 6. The summed E-state index contributed by atoms with van der Waals surface area (Å²) in [6.45, 7) is 10.9. The largest absolute Gasteiger partial charge is 0.490 e. The SMILES string of the molecule is CCOc1ccc(C(=O)N2CCC(N3CCNCC3)C2)cc1OCC.Cl. The van der Waals surface area contributed by atoms with E-state index in [2.05, 4.69) is 10.2 Å². The molecular formula is C19H30ClN3O3. The number of amides is 1. The van der Waals surface area contributed by atoms with E-state index in [0.29, 0.717) is 36.3 Å². The Hall–Kier alpha value is -1.50. The Morgan fingerprint density at radius 1 is 1.12 bits per heavy atom. The van der Waals surface area contributed by atoms with Crippen LogP contribution in [0.5, 0.6) is 11.5 Å². The molecule has 3 rings (SSSR count). The molecule has 1 unspecified atom stereocenters. The van der Waals surface area contributed by atoms with Gasteiger partial charge in [-0.05, 0) is 38.5 Å². The minimum absolute atomic E-state index is 0. The molecule has 2 fully saturated rings. The number of hydrogen-bond acceptors (Lipinski definition) is 5. The number of carbonyl (C=O) groups excluding carboxylic acids is 1.